The summed E-state index contributed by atoms with van der Waals surface area (Å²) < 4.78 is 0. The molecule has 0 amide bonds. The number of hydrogen-bond donors (Lipinski definition) is 1. The van der Waals surface area contributed by atoms with Crippen molar-refractivity contribution in [3.05, 3.63) is 65.5 Å². The number of likely N-dealkylation sites (tertiary alicyclic amines) is 1. The van der Waals surface area contributed by atoms with E-state index in [0.717, 1.165) is 18.7 Å². The smallest absolute Gasteiger partial charge is 0.0681 e. The Balaban J connectivity index is 1.72. The van der Waals surface area contributed by atoms with Crippen LogP contribution in [0.2, 0.25) is 0 Å². The maximum Gasteiger partial charge on any atom is 0.0681 e. The van der Waals surface area contributed by atoms with Crippen LogP contribution in [0.15, 0.2) is 48.8 Å². The predicted octanol–water partition coefficient (Wildman–Crippen LogP) is 2.91. The Labute approximate surface area is 119 Å². The van der Waals surface area contributed by atoms with Crippen molar-refractivity contribution in [2.75, 3.05) is 6.54 Å². The Hall–Kier alpha value is -1.71. The van der Waals surface area contributed by atoms with Gasteiger partial charge in [-0.05, 0) is 42.1 Å². The first-order valence-electron chi connectivity index (χ1n) is 7.19. The number of rotatable bonds is 4. The van der Waals surface area contributed by atoms with Gasteiger partial charge in [-0.15, -0.1) is 0 Å². The van der Waals surface area contributed by atoms with E-state index >= 15 is 0 Å². The summed E-state index contributed by atoms with van der Waals surface area (Å²) in [6.45, 7) is 2.22. The molecule has 1 atom stereocenters. The molecule has 20 heavy (non-hydrogen) atoms. The standard InChI is InChI=1S/C17H20N2O/c20-13-15-7-5-14(6-8-15)12-19-10-2-4-17(19)16-3-1-9-18-11-16/h1,3,5-9,11,17,20H,2,4,10,12-13H2. The summed E-state index contributed by atoms with van der Waals surface area (Å²) in [6.07, 6.45) is 6.27. The van der Waals surface area contributed by atoms with Crippen LogP contribution in [0.25, 0.3) is 0 Å². The predicted molar refractivity (Wildman–Crippen MR) is 79.0 cm³/mol. The van der Waals surface area contributed by atoms with Crippen molar-refractivity contribution < 1.29 is 5.11 Å². The van der Waals surface area contributed by atoms with Gasteiger partial charge in [0.05, 0.1) is 6.61 Å². The van der Waals surface area contributed by atoms with E-state index in [0.29, 0.717) is 6.04 Å². The highest BCUT2D eigenvalue weighted by molar-refractivity contribution is 5.23. The monoisotopic (exact) mass is 268 g/mol. The number of hydrogen-bond acceptors (Lipinski definition) is 3. The maximum absolute atomic E-state index is 9.09. The summed E-state index contributed by atoms with van der Waals surface area (Å²) in [5.74, 6) is 0. The fourth-order valence-electron chi connectivity index (χ4n) is 2.95. The summed E-state index contributed by atoms with van der Waals surface area (Å²) >= 11 is 0. The van der Waals surface area contributed by atoms with Crippen LogP contribution in [0.4, 0.5) is 0 Å². The van der Waals surface area contributed by atoms with Gasteiger partial charge in [0.15, 0.2) is 0 Å². The van der Waals surface area contributed by atoms with Crippen molar-refractivity contribution in [2.45, 2.75) is 32.0 Å². The molecule has 1 N–H and O–H groups in total. The second-order valence-electron chi connectivity index (χ2n) is 5.39. The first-order chi connectivity index (χ1) is 9.86. The zero-order chi connectivity index (χ0) is 13.8. The normalized spacial score (nSPS) is 19.4. The molecule has 0 bridgehead atoms. The summed E-state index contributed by atoms with van der Waals surface area (Å²) in [6, 6.07) is 12.9. The first-order valence-corrected chi connectivity index (χ1v) is 7.19. The second-order valence-corrected chi connectivity index (χ2v) is 5.39. The van der Waals surface area contributed by atoms with Gasteiger partial charge in [-0.1, -0.05) is 30.3 Å². The third-order valence-corrected chi connectivity index (χ3v) is 4.02. The molecule has 3 rings (SSSR count). The Morgan fingerprint density at radius 1 is 1.15 bits per heavy atom. The minimum absolute atomic E-state index is 0.113. The number of benzene rings is 1. The van der Waals surface area contributed by atoms with Crippen LogP contribution in [0.5, 0.6) is 0 Å². The zero-order valence-corrected chi connectivity index (χ0v) is 11.6. The van der Waals surface area contributed by atoms with Crippen molar-refractivity contribution in [3.8, 4) is 0 Å². The molecule has 104 valence electrons. The van der Waals surface area contributed by atoms with E-state index in [4.69, 9.17) is 5.11 Å². The second kappa shape index (κ2) is 6.16. The van der Waals surface area contributed by atoms with Gasteiger partial charge in [-0.3, -0.25) is 9.88 Å². The van der Waals surface area contributed by atoms with Gasteiger partial charge in [0.25, 0.3) is 0 Å². The van der Waals surface area contributed by atoms with Crippen LogP contribution in [-0.4, -0.2) is 21.5 Å². The largest absolute Gasteiger partial charge is 0.392 e. The van der Waals surface area contributed by atoms with Gasteiger partial charge < -0.3 is 5.11 Å². The van der Waals surface area contributed by atoms with Gasteiger partial charge in [0, 0.05) is 25.0 Å². The molecule has 0 radical (unpaired) electrons. The van der Waals surface area contributed by atoms with Crippen LogP contribution >= 0.6 is 0 Å². The van der Waals surface area contributed by atoms with E-state index in [1.54, 1.807) is 0 Å². The third-order valence-electron chi connectivity index (χ3n) is 4.02. The molecule has 2 aromatic rings. The Morgan fingerprint density at radius 3 is 2.65 bits per heavy atom. The molecule has 1 saturated heterocycles. The van der Waals surface area contributed by atoms with E-state index in [1.165, 1.54) is 24.0 Å². The lowest BCUT2D eigenvalue weighted by Crippen LogP contribution is -2.22. The number of aromatic nitrogens is 1. The van der Waals surface area contributed by atoms with Gasteiger partial charge in [0.1, 0.15) is 0 Å². The molecule has 1 aliphatic rings. The van der Waals surface area contributed by atoms with Crippen molar-refractivity contribution in [3.63, 3.8) is 0 Å². The van der Waals surface area contributed by atoms with E-state index in [1.807, 2.05) is 30.6 Å². The first kappa shape index (κ1) is 13.3. The van der Waals surface area contributed by atoms with Crippen LogP contribution in [-0.2, 0) is 13.2 Å². The molecule has 0 saturated carbocycles. The number of aliphatic hydroxyl groups excluding tert-OH is 1. The summed E-state index contributed by atoms with van der Waals surface area (Å²) in [7, 11) is 0. The molecule has 1 fully saturated rings. The highest BCUT2D eigenvalue weighted by atomic mass is 16.3. The summed E-state index contributed by atoms with van der Waals surface area (Å²) in [4.78, 5) is 6.76. The molecule has 0 aliphatic carbocycles. The van der Waals surface area contributed by atoms with Gasteiger partial charge in [-0.2, -0.15) is 0 Å². The minimum atomic E-state index is 0.113. The van der Waals surface area contributed by atoms with E-state index < -0.39 is 0 Å². The summed E-state index contributed by atoms with van der Waals surface area (Å²) in [5, 5.41) is 9.09. The molecule has 3 nitrogen and oxygen atoms in total. The quantitative estimate of drug-likeness (QED) is 0.926. The molecule has 1 aromatic carbocycles. The molecular weight excluding hydrogens is 248 g/mol. The third kappa shape index (κ3) is 2.89. The van der Waals surface area contributed by atoms with Crippen molar-refractivity contribution in [2.24, 2.45) is 0 Å². The molecular formula is C17H20N2O. The lowest BCUT2D eigenvalue weighted by atomic mass is 10.1. The Kier molecular flexibility index (Phi) is 4.09. The van der Waals surface area contributed by atoms with Crippen molar-refractivity contribution in [1.29, 1.82) is 0 Å². The Morgan fingerprint density at radius 2 is 1.95 bits per heavy atom. The Bertz CT molecular complexity index is 539. The molecule has 3 heteroatoms. The molecule has 0 spiro atoms. The molecule has 1 aliphatic heterocycles. The fraction of sp³-hybridized carbons (Fsp3) is 0.353. The van der Waals surface area contributed by atoms with Crippen LogP contribution in [0, 0.1) is 0 Å². The van der Waals surface area contributed by atoms with Gasteiger partial charge in [0.2, 0.25) is 0 Å². The van der Waals surface area contributed by atoms with Crippen LogP contribution in [0.3, 0.4) is 0 Å². The molecule has 1 aromatic heterocycles. The fourth-order valence-corrected chi connectivity index (χ4v) is 2.95. The van der Waals surface area contributed by atoms with Gasteiger partial charge >= 0.3 is 0 Å². The minimum Gasteiger partial charge on any atom is -0.392 e. The average Bonchev–Trinajstić information content (AvgIpc) is 2.97. The van der Waals surface area contributed by atoms with Gasteiger partial charge in [-0.25, -0.2) is 0 Å². The van der Waals surface area contributed by atoms with E-state index in [-0.39, 0.29) is 6.61 Å². The lowest BCUT2D eigenvalue weighted by molar-refractivity contribution is 0.248. The maximum atomic E-state index is 9.09. The summed E-state index contributed by atoms with van der Waals surface area (Å²) in [5.41, 5.74) is 3.59. The van der Waals surface area contributed by atoms with Crippen molar-refractivity contribution >= 4 is 0 Å². The highest BCUT2D eigenvalue weighted by Gasteiger charge is 2.25. The zero-order valence-electron chi connectivity index (χ0n) is 11.6. The van der Waals surface area contributed by atoms with E-state index in [2.05, 4.69) is 28.1 Å². The molecule has 2 heterocycles. The van der Waals surface area contributed by atoms with Crippen LogP contribution in [0.1, 0.15) is 35.6 Å². The number of nitrogens with zero attached hydrogens (tertiary/aromatic N) is 2. The van der Waals surface area contributed by atoms with Crippen molar-refractivity contribution in [1.82, 2.24) is 9.88 Å². The lowest BCUT2D eigenvalue weighted by Gasteiger charge is -2.24. The molecule has 1 unspecified atom stereocenters. The number of pyridine rings is 1. The average molecular weight is 268 g/mol. The SMILES string of the molecule is OCc1ccc(CN2CCCC2c2cccnc2)cc1. The van der Waals surface area contributed by atoms with E-state index in [9.17, 15) is 0 Å². The highest BCUT2D eigenvalue weighted by Crippen LogP contribution is 2.32. The number of aliphatic hydroxyl groups is 1. The van der Waals surface area contributed by atoms with Crippen LogP contribution < -0.4 is 0 Å². The topological polar surface area (TPSA) is 36.4 Å².